The van der Waals surface area contributed by atoms with E-state index in [1.807, 2.05) is 6.07 Å². The zero-order valence-corrected chi connectivity index (χ0v) is 11.0. The van der Waals surface area contributed by atoms with Gasteiger partial charge in [0.25, 0.3) is 0 Å². The summed E-state index contributed by atoms with van der Waals surface area (Å²) in [5, 5.41) is 19.7. The first-order valence-corrected chi connectivity index (χ1v) is 5.88. The summed E-state index contributed by atoms with van der Waals surface area (Å²) in [5.74, 6) is 0.261. The summed E-state index contributed by atoms with van der Waals surface area (Å²) in [6.07, 6.45) is 0. The predicted molar refractivity (Wildman–Crippen MR) is 69.8 cm³/mol. The summed E-state index contributed by atoms with van der Waals surface area (Å²) >= 11 is 3.18. The number of rotatable bonds is 3. The third-order valence-electron chi connectivity index (χ3n) is 2.19. The van der Waals surface area contributed by atoms with Gasteiger partial charge in [-0.25, -0.2) is 4.98 Å². The van der Waals surface area contributed by atoms with E-state index in [9.17, 15) is 10.1 Å². The van der Waals surface area contributed by atoms with Crippen LogP contribution >= 0.6 is 15.9 Å². The molecule has 2 rings (SSSR count). The molecule has 1 aromatic heterocycles. The molecule has 0 saturated heterocycles. The number of hydrogen-bond acceptors (Lipinski definition) is 5. The van der Waals surface area contributed by atoms with E-state index in [0.29, 0.717) is 4.60 Å². The van der Waals surface area contributed by atoms with Gasteiger partial charge in [0.15, 0.2) is 0 Å². The fourth-order valence-electron chi connectivity index (χ4n) is 1.38. The molecule has 1 heterocycles. The molecule has 6 nitrogen and oxygen atoms in total. The van der Waals surface area contributed by atoms with Crippen molar-refractivity contribution < 1.29 is 9.66 Å². The second-order valence-corrected chi connectivity index (χ2v) is 4.26. The molecule has 0 aliphatic heterocycles. The monoisotopic (exact) mass is 319 g/mol. The average Bonchev–Trinajstić information content (AvgIpc) is 2.39. The second kappa shape index (κ2) is 5.46. The number of nitrogens with zero attached hydrogens (tertiary/aromatic N) is 3. The molecule has 0 amide bonds. The lowest BCUT2D eigenvalue weighted by Gasteiger charge is -2.05. The first-order valence-electron chi connectivity index (χ1n) is 5.09. The first kappa shape index (κ1) is 13.0. The van der Waals surface area contributed by atoms with Crippen LogP contribution in [0.15, 0.2) is 41.0 Å². The van der Waals surface area contributed by atoms with Gasteiger partial charge < -0.3 is 4.74 Å². The number of aromatic nitrogens is 1. The summed E-state index contributed by atoms with van der Waals surface area (Å²) in [7, 11) is 0. The average molecular weight is 320 g/mol. The largest absolute Gasteiger partial charge is 0.432 e. The number of ether oxygens (including phenoxy) is 1. The Bertz CT molecular complexity index is 682. The molecule has 0 radical (unpaired) electrons. The highest BCUT2D eigenvalue weighted by Crippen LogP contribution is 2.31. The summed E-state index contributed by atoms with van der Waals surface area (Å²) in [4.78, 5) is 14.3. The van der Waals surface area contributed by atoms with Crippen LogP contribution in [0.25, 0.3) is 0 Å². The van der Waals surface area contributed by atoms with Crippen LogP contribution in [0.2, 0.25) is 0 Å². The van der Waals surface area contributed by atoms with Crippen molar-refractivity contribution in [2.24, 2.45) is 0 Å². The molecule has 94 valence electrons. The topological polar surface area (TPSA) is 89.0 Å². The van der Waals surface area contributed by atoms with Gasteiger partial charge in [-0.15, -0.1) is 0 Å². The molecule has 0 N–H and O–H groups in total. The highest BCUT2D eigenvalue weighted by Gasteiger charge is 2.17. The van der Waals surface area contributed by atoms with E-state index < -0.39 is 4.92 Å². The molecule has 1 aromatic carbocycles. The minimum atomic E-state index is -0.603. The minimum absolute atomic E-state index is 0.0367. The van der Waals surface area contributed by atoms with E-state index >= 15 is 0 Å². The van der Waals surface area contributed by atoms with Crippen LogP contribution in [0.4, 0.5) is 5.69 Å². The Morgan fingerprint density at radius 2 is 2.16 bits per heavy atom. The maximum atomic E-state index is 10.9. The quantitative estimate of drug-likeness (QED) is 0.491. The van der Waals surface area contributed by atoms with Crippen molar-refractivity contribution >= 4 is 21.6 Å². The van der Waals surface area contributed by atoms with E-state index in [2.05, 4.69) is 20.9 Å². The number of halogens is 1. The molecule has 0 aliphatic rings. The van der Waals surface area contributed by atoms with Crippen molar-refractivity contribution in [3.63, 3.8) is 0 Å². The lowest BCUT2D eigenvalue weighted by molar-refractivity contribution is -0.385. The van der Waals surface area contributed by atoms with Crippen LogP contribution in [-0.4, -0.2) is 9.91 Å². The highest BCUT2D eigenvalue weighted by atomic mass is 79.9. The molecule has 0 saturated carbocycles. The first-order chi connectivity index (χ1) is 9.10. The Hall–Kier alpha value is -2.46. The van der Waals surface area contributed by atoms with Crippen LogP contribution in [0.1, 0.15) is 5.56 Å². The van der Waals surface area contributed by atoms with Crippen LogP contribution in [0, 0.1) is 21.4 Å². The Morgan fingerprint density at radius 3 is 2.79 bits per heavy atom. The number of benzene rings is 1. The zero-order chi connectivity index (χ0) is 13.8. The fourth-order valence-corrected chi connectivity index (χ4v) is 1.70. The van der Waals surface area contributed by atoms with E-state index in [4.69, 9.17) is 10.00 Å². The van der Waals surface area contributed by atoms with Gasteiger partial charge in [0.2, 0.25) is 11.6 Å². The van der Waals surface area contributed by atoms with Gasteiger partial charge in [0.1, 0.15) is 4.60 Å². The summed E-state index contributed by atoms with van der Waals surface area (Å²) in [6, 6.07) is 10.8. The van der Waals surface area contributed by atoms with Crippen molar-refractivity contribution in [3.8, 4) is 17.7 Å². The molecular formula is C12H6BrN3O3. The molecule has 0 atom stereocenters. The van der Waals surface area contributed by atoms with Crippen LogP contribution in [0.5, 0.6) is 11.6 Å². The number of pyridine rings is 1. The van der Waals surface area contributed by atoms with Crippen molar-refractivity contribution in [1.82, 2.24) is 4.98 Å². The van der Waals surface area contributed by atoms with Crippen LogP contribution in [-0.2, 0) is 0 Å². The number of hydrogen-bond donors (Lipinski definition) is 0. The molecular weight excluding hydrogens is 314 g/mol. The number of nitro groups is 1. The van der Waals surface area contributed by atoms with E-state index in [1.165, 1.54) is 12.1 Å². The Kier molecular flexibility index (Phi) is 3.73. The van der Waals surface area contributed by atoms with Gasteiger partial charge in [0.05, 0.1) is 16.6 Å². The number of nitro benzene ring substituents is 1. The molecule has 7 heteroatoms. The highest BCUT2D eigenvalue weighted by molar-refractivity contribution is 9.10. The molecule has 2 aromatic rings. The molecule has 0 fully saturated rings. The van der Waals surface area contributed by atoms with E-state index in [0.717, 1.165) is 6.07 Å². The molecule has 0 spiro atoms. The maximum Gasteiger partial charge on any atom is 0.312 e. The molecule has 0 bridgehead atoms. The molecule has 19 heavy (non-hydrogen) atoms. The maximum absolute atomic E-state index is 10.9. The van der Waals surface area contributed by atoms with Crippen LogP contribution < -0.4 is 4.74 Å². The van der Waals surface area contributed by atoms with Crippen molar-refractivity contribution in [2.45, 2.75) is 0 Å². The standard InChI is InChI=1S/C12H6BrN3O3/c13-11-2-1-3-12(15-11)19-10-5-4-8(7-14)6-9(10)16(17)18/h1-6H. The SMILES string of the molecule is N#Cc1ccc(Oc2cccc(Br)n2)c([N+](=O)[O-])c1. The number of nitriles is 1. The normalized spacial score (nSPS) is 9.68. The van der Waals surface area contributed by atoms with E-state index in [-0.39, 0.29) is 22.9 Å². The van der Waals surface area contributed by atoms with Crippen molar-refractivity contribution in [2.75, 3.05) is 0 Å². The van der Waals surface area contributed by atoms with E-state index in [1.54, 1.807) is 18.2 Å². The third-order valence-corrected chi connectivity index (χ3v) is 2.63. The Morgan fingerprint density at radius 1 is 1.37 bits per heavy atom. The van der Waals surface area contributed by atoms with Gasteiger partial charge in [-0.05, 0) is 34.1 Å². The van der Waals surface area contributed by atoms with Crippen molar-refractivity contribution in [1.29, 1.82) is 5.26 Å². The molecule has 0 aliphatic carbocycles. The summed E-state index contributed by atoms with van der Waals surface area (Å²) in [6.45, 7) is 0. The third kappa shape index (κ3) is 3.05. The summed E-state index contributed by atoms with van der Waals surface area (Å²) < 4.78 is 5.92. The molecule has 0 unspecified atom stereocenters. The van der Waals surface area contributed by atoms with Gasteiger partial charge in [-0.3, -0.25) is 10.1 Å². The summed E-state index contributed by atoms with van der Waals surface area (Å²) in [5.41, 5.74) is -0.0814. The lowest BCUT2D eigenvalue weighted by atomic mass is 10.2. The van der Waals surface area contributed by atoms with Gasteiger partial charge in [-0.1, -0.05) is 6.07 Å². The smallest absolute Gasteiger partial charge is 0.312 e. The van der Waals surface area contributed by atoms with Gasteiger partial charge in [0, 0.05) is 12.1 Å². The zero-order valence-electron chi connectivity index (χ0n) is 9.41. The Balaban J connectivity index is 2.40. The van der Waals surface area contributed by atoms with Crippen molar-refractivity contribution in [3.05, 3.63) is 56.7 Å². The predicted octanol–water partition coefficient (Wildman–Crippen LogP) is 3.42. The second-order valence-electron chi connectivity index (χ2n) is 3.45. The minimum Gasteiger partial charge on any atom is -0.432 e. The van der Waals surface area contributed by atoms with Crippen LogP contribution in [0.3, 0.4) is 0 Å². The van der Waals surface area contributed by atoms with Gasteiger partial charge >= 0.3 is 5.69 Å². The lowest BCUT2D eigenvalue weighted by Crippen LogP contribution is -1.95. The van der Waals surface area contributed by atoms with Gasteiger partial charge in [-0.2, -0.15) is 5.26 Å². The fraction of sp³-hybridized carbons (Fsp3) is 0. The Labute approximate surface area is 116 Å².